The molecule has 24 heavy (non-hydrogen) atoms. The number of aromatic nitrogens is 1. The van der Waals surface area contributed by atoms with Gasteiger partial charge in [-0.3, -0.25) is 9.36 Å². The van der Waals surface area contributed by atoms with E-state index in [0.29, 0.717) is 34.1 Å². The molecule has 0 radical (unpaired) electrons. The summed E-state index contributed by atoms with van der Waals surface area (Å²) in [5.41, 5.74) is 0.587. The van der Waals surface area contributed by atoms with Gasteiger partial charge < -0.3 is 9.32 Å². The molecule has 0 unspecified atom stereocenters. The molecule has 0 fully saturated rings. The monoisotopic (exact) mass is 343 g/mol. The number of nitrogens with zero attached hydrogens (tertiary/aromatic N) is 3. The molecule has 0 saturated heterocycles. The summed E-state index contributed by atoms with van der Waals surface area (Å²) in [4.78, 5) is 19.6. The highest BCUT2D eigenvalue weighted by Gasteiger charge is 2.16. The molecule has 1 aromatic carbocycles. The molecule has 4 rings (SSSR count). The molecule has 3 heterocycles. The zero-order valence-electron chi connectivity index (χ0n) is 12.9. The highest BCUT2D eigenvalue weighted by molar-refractivity contribution is 7.07. The molecule has 2 aromatic heterocycles. The Labute approximate surface area is 140 Å². The maximum atomic E-state index is 13.4. The molecule has 122 valence electrons. The Balaban J connectivity index is 1.73. The van der Waals surface area contributed by atoms with Gasteiger partial charge in [-0.25, -0.2) is 9.38 Å². The van der Waals surface area contributed by atoms with Crippen LogP contribution in [0.5, 0.6) is 0 Å². The van der Waals surface area contributed by atoms with Crippen LogP contribution in [0.3, 0.4) is 0 Å². The average molecular weight is 343 g/mol. The molecular formula is C17H14FN3O2S. The van der Waals surface area contributed by atoms with Crippen LogP contribution in [-0.4, -0.2) is 11.2 Å². The SMILES string of the molecule is Cc1ccc(C=c2sc3n(c2=O)CN(c2cccc(F)c2)CN=3)o1. The minimum Gasteiger partial charge on any atom is -0.462 e. The van der Waals surface area contributed by atoms with Crippen LogP contribution in [-0.2, 0) is 6.67 Å². The fourth-order valence-electron chi connectivity index (χ4n) is 2.61. The molecule has 7 heteroatoms. The number of rotatable bonds is 2. The molecule has 5 nitrogen and oxygen atoms in total. The van der Waals surface area contributed by atoms with E-state index in [2.05, 4.69) is 4.99 Å². The minimum atomic E-state index is -0.307. The van der Waals surface area contributed by atoms with Gasteiger partial charge in [0.25, 0.3) is 5.56 Å². The fraction of sp³-hybridized carbons (Fsp3) is 0.176. The Bertz CT molecular complexity index is 1080. The molecule has 1 aliphatic rings. The fourth-order valence-corrected chi connectivity index (χ4v) is 3.55. The van der Waals surface area contributed by atoms with Crippen molar-refractivity contribution in [1.29, 1.82) is 0 Å². The van der Waals surface area contributed by atoms with Crippen molar-refractivity contribution in [3.05, 3.63) is 73.4 Å². The molecule has 0 N–H and O–H groups in total. The third-order valence-electron chi connectivity index (χ3n) is 3.78. The van der Waals surface area contributed by atoms with Crippen molar-refractivity contribution in [2.24, 2.45) is 4.99 Å². The topological polar surface area (TPSA) is 50.7 Å². The van der Waals surface area contributed by atoms with E-state index in [1.54, 1.807) is 22.8 Å². The quantitative estimate of drug-likeness (QED) is 0.713. The number of thiazole rings is 1. The first-order valence-electron chi connectivity index (χ1n) is 7.43. The van der Waals surface area contributed by atoms with Crippen LogP contribution in [0.15, 0.2) is 50.6 Å². The summed E-state index contributed by atoms with van der Waals surface area (Å²) < 4.78 is 21.1. The minimum absolute atomic E-state index is 0.117. The smallest absolute Gasteiger partial charge is 0.271 e. The van der Waals surface area contributed by atoms with Crippen molar-refractivity contribution in [1.82, 2.24) is 4.57 Å². The van der Waals surface area contributed by atoms with Crippen LogP contribution in [0.1, 0.15) is 11.5 Å². The second-order valence-corrected chi connectivity index (χ2v) is 6.54. The van der Waals surface area contributed by atoms with E-state index >= 15 is 0 Å². The zero-order valence-corrected chi connectivity index (χ0v) is 13.7. The lowest BCUT2D eigenvalue weighted by Crippen LogP contribution is -2.42. The molecule has 3 aromatic rings. The van der Waals surface area contributed by atoms with E-state index in [-0.39, 0.29) is 11.4 Å². The molecular weight excluding hydrogens is 329 g/mol. The van der Waals surface area contributed by atoms with Gasteiger partial charge in [0.05, 0.1) is 4.53 Å². The maximum absolute atomic E-state index is 13.4. The van der Waals surface area contributed by atoms with Gasteiger partial charge in [-0.05, 0) is 37.3 Å². The standard InChI is InChI=1S/C17H14FN3O2S/c1-11-5-6-14(23-11)8-15-16(22)21-10-20(9-19-17(21)24-15)13-4-2-3-12(18)7-13/h2-8H,9-10H2,1H3. The first-order valence-corrected chi connectivity index (χ1v) is 8.24. The van der Waals surface area contributed by atoms with Crippen molar-refractivity contribution in [3.8, 4) is 0 Å². The number of furan rings is 1. The number of fused-ring (bicyclic) bond motifs is 1. The van der Waals surface area contributed by atoms with Gasteiger partial charge in [0, 0.05) is 11.8 Å². The van der Waals surface area contributed by atoms with E-state index in [1.165, 1.54) is 23.5 Å². The van der Waals surface area contributed by atoms with Crippen molar-refractivity contribution < 1.29 is 8.81 Å². The molecule has 1 aliphatic heterocycles. The van der Waals surface area contributed by atoms with Crippen molar-refractivity contribution in [2.75, 3.05) is 11.6 Å². The normalized spacial score (nSPS) is 14.6. The number of benzene rings is 1. The summed E-state index contributed by atoms with van der Waals surface area (Å²) >= 11 is 1.33. The molecule has 0 amide bonds. The van der Waals surface area contributed by atoms with Crippen LogP contribution in [0.2, 0.25) is 0 Å². The maximum Gasteiger partial charge on any atom is 0.271 e. The number of hydrogen-bond acceptors (Lipinski definition) is 5. The Morgan fingerprint density at radius 1 is 1.33 bits per heavy atom. The number of hydrogen-bond donors (Lipinski definition) is 0. The molecule has 0 spiro atoms. The Morgan fingerprint density at radius 3 is 2.96 bits per heavy atom. The summed E-state index contributed by atoms with van der Waals surface area (Å²) in [6.45, 7) is 2.60. The number of halogens is 1. The van der Waals surface area contributed by atoms with Crippen LogP contribution >= 0.6 is 11.3 Å². The summed E-state index contributed by atoms with van der Waals surface area (Å²) in [5.74, 6) is 1.13. The second kappa shape index (κ2) is 5.76. The highest BCUT2D eigenvalue weighted by Crippen LogP contribution is 2.16. The Kier molecular flexibility index (Phi) is 3.57. The van der Waals surface area contributed by atoms with Crippen molar-refractivity contribution in [2.45, 2.75) is 13.6 Å². The van der Waals surface area contributed by atoms with Crippen LogP contribution < -0.4 is 19.8 Å². The number of aryl methyl sites for hydroxylation is 1. The van der Waals surface area contributed by atoms with Crippen LogP contribution in [0.25, 0.3) is 6.08 Å². The zero-order chi connectivity index (χ0) is 16.7. The van der Waals surface area contributed by atoms with Gasteiger partial charge in [-0.2, -0.15) is 0 Å². The lowest BCUT2D eigenvalue weighted by atomic mass is 10.3. The van der Waals surface area contributed by atoms with Gasteiger partial charge in [0.1, 0.15) is 30.7 Å². The first-order chi connectivity index (χ1) is 11.6. The Morgan fingerprint density at radius 2 is 2.21 bits per heavy atom. The molecule has 0 bridgehead atoms. The predicted octanol–water partition coefficient (Wildman–Crippen LogP) is 1.83. The van der Waals surface area contributed by atoms with Gasteiger partial charge >= 0.3 is 0 Å². The van der Waals surface area contributed by atoms with Gasteiger partial charge in [0.2, 0.25) is 0 Å². The lowest BCUT2D eigenvalue weighted by Gasteiger charge is -2.25. The van der Waals surface area contributed by atoms with E-state index in [9.17, 15) is 9.18 Å². The molecule has 0 saturated carbocycles. The van der Waals surface area contributed by atoms with E-state index in [4.69, 9.17) is 4.42 Å². The largest absolute Gasteiger partial charge is 0.462 e. The first kappa shape index (κ1) is 14.9. The summed E-state index contributed by atoms with van der Waals surface area (Å²) in [7, 11) is 0. The van der Waals surface area contributed by atoms with Crippen molar-refractivity contribution >= 4 is 23.1 Å². The van der Waals surface area contributed by atoms with Crippen molar-refractivity contribution in [3.63, 3.8) is 0 Å². The van der Waals surface area contributed by atoms with E-state index in [0.717, 1.165) is 5.76 Å². The van der Waals surface area contributed by atoms with Crippen LogP contribution in [0, 0.1) is 12.7 Å². The third kappa shape index (κ3) is 2.67. The van der Waals surface area contributed by atoms with Crippen LogP contribution in [0.4, 0.5) is 10.1 Å². The molecule has 0 atom stereocenters. The van der Waals surface area contributed by atoms with Gasteiger partial charge in [0.15, 0.2) is 4.80 Å². The Hall–Kier alpha value is -2.67. The summed E-state index contributed by atoms with van der Waals surface area (Å²) in [6, 6.07) is 9.97. The lowest BCUT2D eigenvalue weighted by molar-refractivity contribution is 0.524. The van der Waals surface area contributed by atoms with E-state index < -0.39 is 0 Å². The average Bonchev–Trinajstić information content (AvgIpc) is 3.11. The third-order valence-corrected chi connectivity index (χ3v) is 4.83. The highest BCUT2D eigenvalue weighted by atomic mass is 32.1. The van der Waals surface area contributed by atoms with Gasteiger partial charge in [-0.15, -0.1) is 0 Å². The number of anilines is 1. The summed E-state index contributed by atoms with van der Waals surface area (Å²) in [5, 5.41) is 0. The van der Waals surface area contributed by atoms with Gasteiger partial charge in [-0.1, -0.05) is 17.4 Å². The second-order valence-electron chi connectivity index (χ2n) is 5.54. The molecule has 0 aliphatic carbocycles. The predicted molar refractivity (Wildman–Crippen MR) is 90.1 cm³/mol. The van der Waals surface area contributed by atoms with E-state index in [1.807, 2.05) is 24.0 Å². The summed E-state index contributed by atoms with van der Waals surface area (Å²) in [6.07, 6.45) is 1.73.